The van der Waals surface area contributed by atoms with Crippen molar-refractivity contribution in [3.63, 3.8) is 0 Å². The molecule has 0 spiro atoms. The van der Waals surface area contributed by atoms with Crippen molar-refractivity contribution >= 4 is 21.7 Å². The Bertz CT molecular complexity index is 435. The first-order chi connectivity index (χ1) is 7.15. The van der Waals surface area contributed by atoms with Crippen molar-refractivity contribution in [3.05, 3.63) is 28.8 Å². The number of Topliss-reactive ketones (excluding diaryl/α,β-unsaturated/α-hetero) is 1. The number of hydrogen-bond donors (Lipinski definition) is 0. The number of nitrogens with zero attached hydrogens (tertiary/aromatic N) is 1. The average Bonchev–Trinajstić information content (AvgIpc) is 2.27. The molecule has 0 fully saturated rings. The highest BCUT2D eigenvalue weighted by atomic mass is 79.9. The smallest absolute Gasteiger partial charge is 0.177 e. The Hall–Kier alpha value is -1.34. The van der Waals surface area contributed by atoms with Crippen LogP contribution in [0, 0.1) is 18.3 Å². The van der Waals surface area contributed by atoms with Crippen LogP contribution in [0.15, 0.2) is 12.1 Å². The summed E-state index contributed by atoms with van der Waals surface area (Å²) < 4.78 is 5.15. The molecule has 0 bridgehead atoms. The number of hydrogen-bond acceptors (Lipinski definition) is 3. The summed E-state index contributed by atoms with van der Waals surface area (Å²) in [7, 11) is 1.49. The maximum absolute atomic E-state index is 11.5. The molecule has 0 aliphatic heterocycles. The molecule has 0 radical (unpaired) electrons. The number of carbonyl (C=O) groups is 1. The van der Waals surface area contributed by atoms with E-state index in [9.17, 15) is 4.79 Å². The molecule has 0 amide bonds. The quantitative estimate of drug-likeness (QED) is 0.625. The van der Waals surface area contributed by atoms with Crippen LogP contribution in [0.4, 0.5) is 0 Å². The van der Waals surface area contributed by atoms with Crippen molar-refractivity contribution in [1.29, 1.82) is 5.26 Å². The van der Waals surface area contributed by atoms with Gasteiger partial charge in [0.2, 0.25) is 0 Å². The zero-order valence-electron chi connectivity index (χ0n) is 8.50. The molecule has 1 aromatic carbocycles. The number of ketones is 1. The summed E-state index contributed by atoms with van der Waals surface area (Å²) in [6, 6.07) is 5.30. The van der Waals surface area contributed by atoms with Crippen LogP contribution in [0.3, 0.4) is 0 Å². The molecule has 0 atom stereocenters. The van der Waals surface area contributed by atoms with Gasteiger partial charge in [-0.1, -0.05) is 15.9 Å². The third-order valence-corrected chi connectivity index (χ3v) is 2.66. The van der Waals surface area contributed by atoms with Gasteiger partial charge in [-0.2, -0.15) is 5.26 Å². The molecule has 0 aromatic heterocycles. The number of methoxy groups -OCH3 is 1. The van der Waals surface area contributed by atoms with Crippen molar-refractivity contribution in [2.75, 3.05) is 12.4 Å². The van der Waals surface area contributed by atoms with E-state index >= 15 is 0 Å². The highest BCUT2D eigenvalue weighted by molar-refractivity contribution is 9.09. The van der Waals surface area contributed by atoms with Gasteiger partial charge in [-0.05, 0) is 19.1 Å². The van der Waals surface area contributed by atoms with Gasteiger partial charge in [0.1, 0.15) is 5.75 Å². The first-order valence-electron chi connectivity index (χ1n) is 4.32. The summed E-state index contributed by atoms with van der Waals surface area (Å²) in [6.07, 6.45) is 0. The molecule has 0 saturated carbocycles. The number of carbonyl (C=O) groups excluding carboxylic acids is 1. The molecule has 1 aromatic rings. The van der Waals surface area contributed by atoms with Crippen LogP contribution < -0.4 is 4.74 Å². The number of ether oxygens (including phenoxy) is 1. The maximum Gasteiger partial charge on any atom is 0.177 e. The Kier molecular flexibility index (Phi) is 3.87. The molecule has 4 heteroatoms. The van der Waals surface area contributed by atoms with Crippen molar-refractivity contribution in [2.45, 2.75) is 6.92 Å². The van der Waals surface area contributed by atoms with E-state index in [1.54, 1.807) is 19.1 Å². The van der Waals surface area contributed by atoms with Crippen LogP contribution in [0.1, 0.15) is 21.5 Å². The predicted octanol–water partition coefficient (Wildman–Crippen LogP) is 2.45. The normalized spacial score (nSPS) is 9.47. The number of benzene rings is 1. The summed E-state index contributed by atoms with van der Waals surface area (Å²) >= 11 is 3.10. The largest absolute Gasteiger partial charge is 0.496 e. The SMILES string of the molecule is COc1c(C(=O)CBr)ccc(C#N)c1C. The van der Waals surface area contributed by atoms with E-state index in [0.717, 1.165) is 0 Å². The summed E-state index contributed by atoms with van der Waals surface area (Å²) in [4.78, 5) is 11.5. The fourth-order valence-corrected chi connectivity index (χ4v) is 1.67. The highest BCUT2D eigenvalue weighted by Gasteiger charge is 2.15. The minimum absolute atomic E-state index is 0.0561. The Labute approximate surface area is 96.8 Å². The topological polar surface area (TPSA) is 50.1 Å². The fraction of sp³-hybridized carbons (Fsp3) is 0.273. The summed E-state index contributed by atoms with van der Waals surface area (Å²) in [6.45, 7) is 1.77. The lowest BCUT2D eigenvalue weighted by atomic mass is 10.0. The highest BCUT2D eigenvalue weighted by Crippen LogP contribution is 2.26. The lowest BCUT2D eigenvalue weighted by Crippen LogP contribution is -2.05. The first kappa shape index (κ1) is 11.7. The summed E-state index contributed by atoms with van der Waals surface area (Å²) in [5.74, 6) is 0.429. The second-order valence-electron chi connectivity index (χ2n) is 2.99. The summed E-state index contributed by atoms with van der Waals surface area (Å²) in [5.41, 5.74) is 1.73. The fourth-order valence-electron chi connectivity index (χ4n) is 1.37. The van der Waals surface area contributed by atoms with Crippen LogP contribution in [0.5, 0.6) is 5.75 Å². The molecule has 3 nitrogen and oxygen atoms in total. The number of rotatable bonds is 3. The van der Waals surface area contributed by atoms with E-state index in [2.05, 4.69) is 22.0 Å². The zero-order chi connectivity index (χ0) is 11.4. The van der Waals surface area contributed by atoms with Crippen LogP contribution in [0.25, 0.3) is 0 Å². The van der Waals surface area contributed by atoms with Gasteiger partial charge in [0.25, 0.3) is 0 Å². The Morgan fingerprint density at radius 2 is 2.27 bits per heavy atom. The van der Waals surface area contributed by atoms with E-state index in [1.165, 1.54) is 7.11 Å². The second-order valence-corrected chi connectivity index (χ2v) is 3.55. The van der Waals surface area contributed by atoms with Crippen molar-refractivity contribution < 1.29 is 9.53 Å². The molecular formula is C11H10BrNO2. The first-order valence-corrected chi connectivity index (χ1v) is 5.44. The van der Waals surface area contributed by atoms with Crippen LogP contribution >= 0.6 is 15.9 Å². The van der Waals surface area contributed by atoms with E-state index < -0.39 is 0 Å². The molecule has 0 N–H and O–H groups in total. The monoisotopic (exact) mass is 267 g/mol. The minimum Gasteiger partial charge on any atom is -0.496 e. The predicted molar refractivity (Wildman–Crippen MR) is 60.6 cm³/mol. The summed E-state index contributed by atoms with van der Waals surface area (Å²) in [5, 5.41) is 9.07. The maximum atomic E-state index is 11.5. The Morgan fingerprint density at radius 3 is 2.73 bits per heavy atom. The Morgan fingerprint density at radius 1 is 1.60 bits per heavy atom. The van der Waals surface area contributed by atoms with Crippen LogP contribution in [0.2, 0.25) is 0 Å². The minimum atomic E-state index is -0.0561. The van der Waals surface area contributed by atoms with Gasteiger partial charge in [0.05, 0.1) is 29.6 Å². The number of nitriles is 1. The molecule has 78 valence electrons. The van der Waals surface area contributed by atoms with Crippen molar-refractivity contribution in [2.24, 2.45) is 0 Å². The van der Waals surface area contributed by atoms with E-state index in [-0.39, 0.29) is 11.1 Å². The average molecular weight is 268 g/mol. The number of halogens is 1. The van der Waals surface area contributed by atoms with Crippen LogP contribution in [-0.2, 0) is 0 Å². The number of alkyl halides is 1. The molecule has 1 rings (SSSR count). The lowest BCUT2D eigenvalue weighted by Gasteiger charge is -2.10. The van der Waals surface area contributed by atoms with Gasteiger partial charge < -0.3 is 4.74 Å². The Balaban J connectivity index is 3.39. The molecule has 0 aliphatic rings. The molecule has 0 unspecified atom stereocenters. The third kappa shape index (κ3) is 2.18. The van der Waals surface area contributed by atoms with Gasteiger partial charge in [-0.15, -0.1) is 0 Å². The molecule has 0 aliphatic carbocycles. The van der Waals surface area contributed by atoms with Gasteiger partial charge >= 0.3 is 0 Å². The van der Waals surface area contributed by atoms with Gasteiger partial charge in [-0.3, -0.25) is 4.79 Å². The lowest BCUT2D eigenvalue weighted by molar-refractivity contribution is 0.102. The van der Waals surface area contributed by atoms with Crippen molar-refractivity contribution in [1.82, 2.24) is 0 Å². The van der Waals surface area contributed by atoms with Crippen molar-refractivity contribution in [3.8, 4) is 11.8 Å². The third-order valence-electron chi connectivity index (χ3n) is 2.15. The molecule has 15 heavy (non-hydrogen) atoms. The van der Waals surface area contributed by atoms with Gasteiger partial charge in [0, 0.05) is 5.56 Å². The van der Waals surface area contributed by atoms with E-state index in [1.807, 2.05) is 0 Å². The zero-order valence-corrected chi connectivity index (χ0v) is 10.1. The van der Waals surface area contributed by atoms with Crippen LogP contribution in [-0.4, -0.2) is 18.2 Å². The van der Waals surface area contributed by atoms with Gasteiger partial charge in [-0.25, -0.2) is 0 Å². The molecule has 0 heterocycles. The molecule has 0 saturated heterocycles. The standard InChI is InChI=1S/C11H10BrNO2/c1-7-8(6-13)3-4-9(10(14)5-12)11(7)15-2/h3-4H,5H2,1-2H3. The van der Waals surface area contributed by atoms with E-state index in [0.29, 0.717) is 22.4 Å². The second kappa shape index (κ2) is 4.94. The van der Waals surface area contributed by atoms with E-state index in [4.69, 9.17) is 10.00 Å². The molecular weight excluding hydrogens is 258 g/mol. The van der Waals surface area contributed by atoms with Gasteiger partial charge in [0.15, 0.2) is 5.78 Å².